The van der Waals surface area contributed by atoms with E-state index >= 15 is 0 Å². The summed E-state index contributed by atoms with van der Waals surface area (Å²) in [5, 5.41) is 5.32. The lowest BCUT2D eigenvalue weighted by Crippen LogP contribution is -2.50. The first-order valence-electron chi connectivity index (χ1n) is 9.74. The molecule has 0 aromatic heterocycles. The van der Waals surface area contributed by atoms with Crippen LogP contribution in [0.15, 0.2) is 47.4 Å². The van der Waals surface area contributed by atoms with Gasteiger partial charge in [0.15, 0.2) is 0 Å². The van der Waals surface area contributed by atoms with Gasteiger partial charge in [-0.2, -0.15) is 4.72 Å². The molecule has 30 heavy (non-hydrogen) atoms. The van der Waals surface area contributed by atoms with Crippen molar-refractivity contribution in [2.75, 3.05) is 11.9 Å². The monoisotopic (exact) mass is 431 g/mol. The molecule has 0 bridgehead atoms. The molecule has 0 aliphatic rings. The zero-order chi connectivity index (χ0) is 22.5. The molecule has 0 saturated carbocycles. The molecule has 0 saturated heterocycles. The van der Waals surface area contributed by atoms with E-state index in [0.29, 0.717) is 5.69 Å². The van der Waals surface area contributed by atoms with E-state index in [9.17, 15) is 18.0 Å². The number of carbonyl (C=O) groups is 2. The molecule has 0 heterocycles. The normalized spacial score (nSPS) is 12.5. The van der Waals surface area contributed by atoms with Crippen LogP contribution >= 0.6 is 0 Å². The maximum Gasteiger partial charge on any atom is 0.243 e. The fraction of sp³-hybridized carbons (Fsp3) is 0.364. The second kappa shape index (κ2) is 9.86. The van der Waals surface area contributed by atoms with Gasteiger partial charge in [0.05, 0.1) is 11.4 Å². The average Bonchev–Trinajstić information content (AvgIpc) is 2.67. The van der Waals surface area contributed by atoms with Gasteiger partial charge in [0.2, 0.25) is 21.8 Å². The quantitative estimate of drug-likeness (QED) is 0.598. The van der Waals surface area contributed by atoms with Crippen LogP contribution in [-0.4, -0.2) is 32.8 Å². The van der Waals surface area contributed by atoms with Gasteiger partial charge in [-0.3, -0.25) is 9.59 Å². The lowest BCUT2D eigenvalue weighted by Gasteiger charge is -2.21. The fourth-order valence-corrected chi connectivity index (χ4v) is 4.26. The van der Waals surface area contributed by atoms with Crippen molar-refractivity contribution in [1.29, 1.82) is 0 Å². The van der Waals surface area contributed by atoms with E-state index in [1.807, 2.05) is 39.0 Å². The Hall–Kier alpha value is -2.71. The summed E-state index contributed by atoms with van der Waals surface area (Å²) in [6.07, 6.45) is 0. The highest BCUT2D eigenvalue weighted by Gasteiger charge is 2.28. The van der Waals surface area contributed by atoms with Gasteiger partial charge < -0.3 is 10.6 Å². The third-order valence-corrected chi connectivity index (χ3v) is 6.19. The maximum atomic E-state index is 12.6. The van der Waals surface area contributed by atoms with Gasteiger partial charge in [-0.15, -0.1) is 0 Å². The highest BCUT2D eigenvalue weighted by atomic mass is 32.2. The molecule has 2 aromatic carbocycles. The minimum Gasteiger partial charge on any atom is -0.346 e. The van der Waals surface area contributed by atoms with Crippen LogP contribution in [0.5, 0.6) is 0 Å². The number of anilines is 1. The lowest BCUT2D eigenvalue weighted by atomic mass is 10.1. The average molecular weight is 432 g/mol. The smallest absolute Gasteiger partial charge is 0.243 e. The molecule has 2 rings (SSSR count). The molecule has 2 aromatic rings. The standard InChI is InChI=1S/C22H29N3O4S/c1-14(2)20(25-30(28,29)18-11-9-15(3)10-12-18)22(27)23-13-19(26)24-21-16(4)7-6-8-17(21)5/h6-12,14,20,25H,13H2,1-5H3,(H,23,27)(H,24,26). The van der Waals surface area contributed by atoms with Gasteiger partial charge >= 0.3 is 0 Å². The predicted octanol–water partition coefficient (Wildman–Crippen LogP) is 2.67. The zero-order valence-corrected chi connectivity index (χ0v) is 18.8. The Morgan fingerprint density at radius 1 is 0.933 bits per heavy atom. The van der Waals surface area contributed by atoms with Crippen molar-refractivity contribution in [2.24, 2.45) is 5.92 Å². The topological polar surface area (TPSA) is 104 Å². The summed E-state index contributed by atoms with van der Waals surface area (Å²) >= 11 is 0. The summed E-state index contributed by atoms with van der Waals surface area (Å²) in [6.45, 7) is 8.84. The summed E-state index contributed by atoms with van der Waals surface area (Å²) in [5.41, 5.74) is 3.47. The first-order chi connectivity index (χ1) is 14.0. The van der Waals surface area contributed by atoms with Crippen molar-refractivity contribution in [3.05, 3.63) is 59.2 Å². The van der Waals surface area contributed by atoms with E-state index in [2.05, 4.69) is 15.4 Å². The highest BCUT2D eigenvalue weighted by molar-refractivity contribution is 7.89. The third-order valence-electron chi connectivity index (χ3n) is 4.73. The van der Waals surface area contributed by atoms with Gasteiger partial charge in [0.1, 0.15) is 6.04 Å². The fourth-order valence-electron chi connectivity index (χ4n) is 2.92. The molecular formula is C22H29N3O4S. The van der Waals surface area contributed by atoms with E-state index in [1.165, 1.54) is 12.1 Å². The lowest BCUT2D eigenvalue weighted by molar-refractivity contribution is -0.126. The molecule has 0 fully saturated rings. The number of rotatable bonds is 8. The van der Waals surface area contributed by atoms with E-state index in [0.717, 1.165) is 16.7 Å². The Morgan fingerprint density at radius 3 is 2.03 bits per heavy atom. The van der Waals surface area contributed by atoms with E-state index in [-0.39, 0.29) is 23.3 Å². The number of aryl methyl sites for hydroxylation is 3. The molecule has 8 heteroatoms. The van der Waals surface area contributed by atoms with Crippen LogP contribution in [0, 0.1) is 26.7 Å². The van der Waals surface area contributed by atoms with Gasteiger partial charge in [0.25, 0.3) is 0 Å². The molecule has 0 radical (unpaired) electrons. The molecule has 3 N–H and O–H groups in total. The first kappa shape index (κ1) is 23.6. The van der Waals surface area contributed by atoms with Crippen LogP contribution in [-0.2, 0) is 19.6 Å². The third kappa shape index (κ3) is 6.14. The van der Waals surface area contributed by atoms with Gasteiger partial charge in [-0.25, -0.2) is 8.42 Å². The van der Waals surface area contributed by atoms with Crippen molar-refractivity contribution in [3.8, 4) is 0 Å². The second-order valence-corrected chi connectivity index (χ2v) is 9.40. The van der Waals surface area contributed by atoms with Crippen molar-refractivity contribution in [2.45, 2.75) is 45.6 Å². The van der Waals surface area contributed by atoms with Crippen LogP contribution in [0.25, 0.3) is 0 Å². The Bertz CT molecular complexity index is 995. The van der Waals surface area contributed by atoms with Gasteiger partial charge in [0, 0.05) is 5.69 Å². The van der Waals surface area contributed by atoms with Crippen molar-refractivity contribution in [1.82, 2.24) is 10.0 Å². The molecular weight excluding hydrogens is 402 g/mol. The second-order valence-electron chi connectivity index (χ2n) is 7.69. The van der Waals surface area contributed by atoms with Crippen molar-refractivity contribution >= 4 is 27.5 Å². The molecule has 0 aliphatic carbocycles. The number of sulfonamides is 1. The van der Waals surface area contributed by atoms with E-state index in [4.69, 9.17) is 0 Å². The molecule has 162 valence electrons. The molecule has 1 atom stereocenters. The number of hydrogen-bond acceptors (Lipinski definition) is 4. The molecule has 0 aliphatic heterocycles. The Balaban J connectivity index is 2.03. The largest absolute Gasteiger partial charge is 0.346 e. The van der Waals surface area contributed by atoms with Crippen LogP contribution in [0.2, 0.25) is 0 Å². The Morgan fingerprint density at radius 2 is 1.50 bits per heavy atom. The highest BCUT2D eigenvalue weighted by Crippen LogP contribution is 2.19. The summed E-state index contributed by atoms with van der Waals surface area (Å²) in [6, 6.07) is 11.0. The number of hydrogen-bond donors (Lipinski definition) is 3. The minimum absolute atomic E-state index is 0.0827. The Kier molecular flexibility index (Phi) is 7.75. The molecule has 0 spiro atoms. The first-order valence-corrected chi connectivity index (χ1v) is 11.2. The van der Waals surface area contributed by atoms with Crippen molar-refractivity contribution in [3.63, 3.8) is 0 Å². The minimum atomic E-state index is -3.88. The van der Waals surface area contributed by atoms with Crippen LogP contribution < -0.4 is 15.4 Å². The predicted molar refractivity (Wildman–Crippen MR) is 118 cm³/mol. The van der Waals surface area contributed by atoms with Gasteiger partial charge in [-0.05, 0) is 49.9 Å². The summed E-state index contributed by atoms with van der Waals surface area (Å²) in [5.74, 6) is -1.26. The van der Waals surface area contributed by atoms with Crippen molar-refractivity contribution < 1.29 is 18.0 Å². The van der Waals surface area contributed by atoms with Gasteiger partial charge in [-0.1, -0.05) is 49.7 Å². The van der Waals surface area contributed by atoms with E-state index < -0.39 is 22.0 Å². The number of amides is 2. The SMILES string of the molecule is Cc1ccc(S(=O)(=O)NC(C(=O)NCC(=O)Nc2c(C)cccc2C)C(C)C)cc1. The number of benzene rings is 2. The summed E-state index contributed by atoms with van der Waals surface area (Å²) < 4.78 is 27.7. The molecule has 1 unspecified atom stereocenters. The van der Waals surface area contributed by atoms with Crippen LogP contribution in [0.3, 0.4) is 0 Å². The molecule has 7 nitrogen and oxygen atoms in total. The van der Waals surface area contributed by atoms with Crippen LogP contribution in [0.4, 0.5) is 5.69 Å². The zero-order valence-electron chi connectivity index (χ0n) is 17.9. The molecule has 2 amide bonds. The summed E-state index contributed by atoms with van der Waals surface area (Å²) in [4.78, 5) is 25.0. The van der Waals surface area contributed by atoms with Crippen LogP contribution in [0.1, 0.15) is 30.5 Å². The maximum absolute atomic E-state index is 12.6. The number of carbonyl (C=O) groups excluding carboxylic acids is 2. The Labute approximate surface area is 178 Å². The summed E-state index contributed by atoms with van der Waals surface area (Å²) in [7, 11) is -3.88. The van der Waals surface area contributed by atoms with E-state index in [1.54, 1.807) is 26.0 Å². The number of para-hydroxylation sites is 1. The number of nitrogens with one attached hydrogen (secondary N) is 3.